The summed E-state index contributed by atoms with van der Waals surface area (Å²) < 4.78 is 1.36. The van der Waals surface area contributed by atoms with Gasteiger partial charge in [0.25, 0.3) is 5.91 Å². The van der Waals surface area contributed by atoms with Gasteiger partial charge in [0.05, 0.1) is 15.1 Å². The van der Waals surface area contributed by atoms with Crippen LogP contribution in [0, 0.1) is 6.92 Å². The topological polar surface area (TPSA) is 62.3 Å². The molecule has 0 bridgehead atoms. The summed E-state index contributed by atoms with van der Waals surface area (Å²) in [5.41, 5.74) is 2.87. The Balaban J connectivity index is 1.37. The monoisotopic (exact) mass is 473 g/mol. The molecule has 0 atom stereocenters. The lowest BCUT2D eigenvalue weighted by molar-refractivity contribution is -0.122. The minimum atomic E-state index is -0.225. The molecule has 1 aliphatic heterocycles. The summed E-state index contributed by atoms with van der Waals surface area (Å²) in [5, 5.41) is 3.91. The van der Waals surface area contributed by atoms with Crippen molar-refractivity contribution in [3.8, 4) is 0 Å². The molecule has 0 saturated carbocycles. The first-order chi connectivity index (χ1) is 14.4. The summed E-state index contributed by atoms with van der Waals surface area (Å²) in [6, 6.07) is 13.3. The quantitative estimate of drug-likeness (QED) is 0.392. The summed E-state index contributed by atoms with van der Waals surface area (Å²) in [5.74, 6) is -0.398. The molecule has 4 rings (SSSR count). The third-order valence-corrected chi connectivity index (χ3v) is 6.95. The summed E-state index contributed by atoms with van der Waals surface area (Å²) in [6.07, 6.45) is 1.95. The number of benzene rings is 2. The standard InChI is InChI=1S/C21H16ClN3O2S3/c1-12-2-4-13(5-3-12)10-17-19(27)25(21(28)30-17)9-8-18(26)24-20-23-15-7-6-14(22)11-16(15)29-20/h2-7,10-11H,8-9H2,1H3,(H,23,24,26)/b17-10-. The Kier molecular flexibility index (Phi) is 6.19. The number of hydrogen-bond donors (Lipinski definition) is 1. The van der Waals surface area contributed by atoms with Crippen molar-refractivity contribution in [3.05, 3.63) is 63.5 Å². The van der Waals surface area contributed by atoms with Crippen molar-refractivity contribution in [3.63, 3.8) is 0 Å². The zero-order valence-corrected chi connectivity index (χ0v) is 19.1. The lowest BCUT2D eigenvalue weighted by Crippen LogP contribution is -2.31. The molecule has 0 spiro atoms. The van der Waals surface area contributed by atoms with E-state index >= 15 is 0 Å². The van der Waals surface area contributed by atoms with E-state index in [-0.39, 0.29) is 24.8 Å². The molecule has 152 valence electrons. The van der Waals surface area contributed by atoms with E-state index in [9.17, 15) is 9.59 Å². The Bertz CT molecular complexity index is 1190. The summed E-state index contributed by atoms with van der Waals surface area (Å²) in [7, 11) is 0. The van der Waals surface area contributed by atoms with E-state index in [1.807, 2.05) is 49.4 Å². The maximum Gasteiger partial charge on any atom is 0.266 e. The van der Waals surface area contributed by atoms with Crippen LogP contribution in [0.1, 0.15) is 17.5 Å². The van der Waals surface area contributed by atoms with Gasteiger partial charge in [0, 0.05) is 18.0 Å². The van der Waals surface area contributed by atoms with Crippen LogP contribution in [-0.4, -0.2) is 32.6 Å². The first kappa shape index (κ1) is 21.0. The molecular weight excluding hydrogens is 458 g/mol. The van der Waals surface area contributed by atoms with E-state index in [1.165, 1.54) is 28.0 Å². The van der Waals surface area contributed by atoms with E-state index in [4.69, 9.17) is 23.8 Å². The van der Waals surface area contributed by atoms with Crippen LogP contribution in [0.5, 0.6) is 0 Å². The second-order valence-electron chi connectivity index (χ2n) is 6.67. The minimum Gasteiger partial charge on any atom is -0.302 e. The summed E-state index contributed by atoms with van der Waals surface area (Å²) >= 11 is 13.9. The fourth-order valence-corrected chi connectivity index (χ4v) is 5.32. The number of anilines is 1. The number of carbonyl (C=O) groups excluding carboxylic acids is 2. The zero-order chi connectivity index (χ0) is 21.3. The number of thioether (sulfide) groups is 1. The van der Waals surface area contributed by atoms with Crippen LogP contribution in [0.2, 0.25) is 5.02 Å². The van der Waals surface area contributed by atoms with Crippen molar-refractivity contribution in [1.29, 1.82) is 0 Å². The van der Waals surface area contributed by atoms with Crippen LogP contribution in [0.25, 0.3) is 16.3 Å². The van der Waals surface area contributed by atoms with Gasteiger partial charge in [0.15, 0.2) is 5.13 Å². The number of nitrogens with one attached hydrogen (secondary N) is 1. The van der Waals surface area contributed by atoms with Gasteiger partial charge in [-0.25, -0.2) is 4.98 Å². The molecule has 2 heterocycles. The summed E-state index contributed by atoms with van der Waals surface area (Å²) in [6.45, 7) is 2.23. The number of aromatic nitrogens is 1. The van der Waals surface area contributed by atoms with Crippen LogP contribution >= 0.6 is 46.9 Å². The SMILES string of the molecule is Cc1ccc(/C=C2\SC(=S)N(CCC(=O)Nc3nc4ccc(Cl)cc4s3)C2=O)cc1. The Morgan fingerprint density at radius 1 is 1.27 bits per heavy atom. The Hall–Kier alpha value is -2.26. The molecule has 1 N–H and O–H groups in total. The molecular formula is C21H16ClN3O2S3. The van der Waals surface area contributed by atoms with Gasteiger partial charge in [-0.3, -0.25) is 14.5 Å². The predicted octanol–water partition coefficient (Wildman–Crippen LogP) is 5.49. The highest BCUT2D eigenvalue weighted by atomic mass is 35.5. The number of thiazole rings is 1. The van der Waals surface area contributed by atoms with Crippen molar-refractivity contribution in [2.24, 2.45) is 0 Å². The van der Waals surface area contributed by atoms with Crippen molar-refractivity contribution >= 4 is 84.5 Å². The van der Waals surface area contributed by atoms with Gasteiger partial charge in [-0.1, -0.05) is 76.7 Å². The smallest absolute Gasteiger partial charge is 0.266 e. The molecule has 1 fully saturated rings. The van der Waals surface area contributed by atoms with Gasteiger partial charge in [-0.05, 0) is 36.8 Å². The van der Waals surface area contributed by atoms with Crippen molar-refractivity contribution in [2.45, 2.75) is 13.3 Å². The van der Waals surface area contributed by atoms with E-state index < -0.39 is 0 Å². The molecule has 30 heavy (non-hydrogen) atoms. The molecule has 2 aromatic carbocycles. The van der Waals surface area contributed by atoms with Crippen LogP contribution in [0.4, 0.5) is 5.13 Å². The average molecular weight is 474 g/mol. The molecule has 1 aliphatic rings. The highest BCUT2D eigenvalue weighted by Crippen LogP contribution is 2.33. The molecule has 1 saturated heterocycles. The highest BCUT2D eigenvalue weighted by molar-refractivity contribution is 8.26. The van der Waals surface area contributed by atoms with Crippen LogP contribution in [-0.2, 0) is 9.59 Å². The first-order valence-corrected chi connectivity index (χ1v) is 11.5. The van der Waals surface area contributed by atoms with Crippen LogP contribution < -0.4 is 5.32 Å². The van der Waals surface area contributed by atoms with Gasteiger partial charge in [0.1, 0.15) is 4.32 Å². The molecule has 9 heteroatoms. The molecule has 5 nitrogen and oxygen atoms in total. The van der Waals surface area contributed by atoms with Gasteiger partial charge < -0.3 is 5.32 Å². The molecule has 0 aliphatic carbocycles. The molecule has 0 radical (unpaired) electrons. The van der Waals surface area contributed by atoms with Crippen LogP contribution in [0.15, 0.2) is 47.4 Å². The predicted molar refractivity (Wildman–Crippen MR) is 129 cm³/mol. The molecule has 3 aromatic rings. The Labute approximate surface area is 192 Å². The summed E-state index contributed by atoms with van der Waals surface area (Å²) in [4.78, 5) is 31.5. The second-order valence-corrected chi connectivity index (χ2v) is 9.82. The van der Waals surface area contributed by atoms with Gasteiger partial charge in [0.2, 0.25) is 5.91 Å². The molecule has 2 amide bonds. The normalized spacial score (nSPS) is 15.4. The molecule has 1 aromatic heterocycles. The third kappa shape index (κ3) is 4.73. The van der Waals surface area contributed by atoms with Crippen LogP contribution in [0.3, 0.4) is 0 Å². The van der Waals surface area contributed by atoms with Gasteiger partial charge in [-0.2, -0.15) is 0 Å². The number of fused-ring (bicyclic) bond motifs is 1. The van der Waals surface area contributed by atoms with E-state index in [1.54, 1.807) is 6.07 Å². The Morgan fingerprint density at radius 3 is 2.80 bits per heavy atom. The average Bonchev–Trinajstić information content (AvgIpc) is 3.21. The fraction of sp³-hybridized carbons (Fsp3) is 0.143. The lowest BCUT2D eigenvalue weighted by Gasteiger charge is -2.13. The van der Waals surface area contributed by atoms with Crippen molar-refractivity contribution < 1.29 is 9.59 Å². The number of halogens is 1. The van der Waals surface area contributed by atoms with Gasteiger partial charge in [-0.15, -0.1) is 0 Å². The van der Waals surface area contributed by atoms with Crippen molar-refractivity contribution in [1.82, 2.24) is 9.88 Å². The maximum atomic E-state index is 12.7. The minimum absolute atomic E-state index is 0.126. The Morgan fingerprint density at radius 2 is 2.03 bits per heavy atom. The first-order valence-electron chi connectivity index (χ1n) is 9.07. The largest absolute Gasteiger partial charge is 0.302 e. The van der Waals surface area contributed by atoms with E-state index in [0.717, 1.165) is 21.3 Å². The second kappa shape index (κ2) is 8.85. The zero-order valence-electron chi connectivity index (χ0n) is 15.8. The number of aryl methyl sites for hydroxylation is 1. The number of carbonyl (C=O) groups is 2. The van der Waals surface area contributed by atoms with Crippen molar-refractivity contribution in [2.75, 3.05) is 11.9 Å². The number of rotatable bonds is 5. The highest BCUT2D eigenvalue weighted by Gasteiger charge is 2.32. The number of thiocarbonyl (C=S) groups is 1. The third-order valence-electron chi connectivity index (χ3n) is 4.41. The van der Waals surface area contributed by atoms with E-state index in [0.29, 0.717) is 19.4 Å². The number of nitrogens with zero attached hydrogens (tertiary/aromatic N) is 2. The number of hydrogen-bond acceptors (Lipinski definition) is 6. The maximum absolute atomic E-state index is 12.7. The molecule has 0 unspecified atom stereocenters. The fourth-order valence-electron chi connectivity index (χ4n) is 2.85. The van der Waals surface area contributed by atoms with E-state index in [2.05, 4.69) is 10.3 Å². The van der Waals surface area contributed by atoms with Gasteiger partial charge >= 0.3 is 0 Å². The number of amides is 2. The lowest BCUT2D eigenvalue weighted by atomic mass is 10.1.